The molecule has 0 bridgehead atoms. The van der Waals surface area contributed by atoms with Crippen LogP contribution in [0, 0.1) is 5.41 Å². The topological polar surface area (TPSA) is 55.4 Å². The van der Waals surface area contributed by atoms with Crippen molar-refractivity contribution < 1.29 is 14.3 Å². The van der Waals surface area contributed by atoms with Crippen molar-refractivity contribution in [2.75, 3.05) is 6.61 Å². The number of nitrogens with one attached hydrogen (secondary N) is 1. The Bertz CT molecular complexity index is 530. The van der Waals surface area contributed by atoms with Gasteiger partial charge in [-0.2, -0.15) is 0 Å². The molecular weight excluding hydrogens is 302 g/mol. The van der Waals surface area contributed by atoms with Gasteiger partial charge >= 0.3 is 5.97 Å². The monoisotopic (exact) mass is 325 g/mol. The van der Waals surface area contributed by atoms with Crippen LogP contribution in [-0.2, 0) is 9.53 Å². The van der Waals surface area contributed by atoms with Gasteiger partial charge in [-0.1, -0.05) is 32.4 Å². The largest absolute Gasteiger partial charge is 0.452 e. The summed E-state index contributed by atoms with van der Waals surface area (Å²) >= 11 is 5.75. The molecule has 0 saturated carbocycles. The third kappa shape index (κ3) is 6.94. The second kappa shape index (κ2) is 7.14. The van der Waals surface area contributed by atoms with Gasteiger partial charge in [0.25, 0.3) is 5.91 Å². The van der Waals surface area contributed by atoms with Gasteiger partial charge < -0.3 is 10.1 Å². The molecule has 0 fully saturated rings. The van der Waals surface area contributed by atoms with E-state index in [0.717, 1.165) is 6.42 Å². The molecule has 1 N–H and O–H groups in total. The first-order chi connectivity index (χ1) is 9.98. The predicted octanol–water partition coefficient (Wildman–Crippen LogP) is 3.83. The number of halogens is 1. The Balaban J connectivity index is 2.49. The van der Waals surface area contributed by atoms with Crippen LogP contribution in [0.15, 0.2) is 24.3 Å². The minimum absolute atomic E-state index is 0.0940. The first kappa shape index (κ1) is 18.5. The van der Waals surface area contributed by atoms with Crippen molar-refractivity contribution in [3.63, 3.8) is 0 Å². The van der Waals surface area contributed by atoms with E-state index in [9.17, 15) is 9.59 Å². The van der Waals surface area contributed by atoms with E-state index >= 15 is 0 Å². The Kier molecular flexibility index (Phi) is 6.00. The Labute approximate surface area is 137 Å². The van der Waals surface area contributed by atoms with Crippen molar-refractivity contribution in [2.45, 2.75) is 46.6 Å². The molecule has 1 aromatic carbocycles. The zero-order chi connectivity index (χ0) is 17.0. The number of rotatable bonds is 5. The highest BCUT2D eigenvalue weighted by molar-refractivity contribution is 6.30. The quantitative estimate of drug-likeness (QED) is 0.837. The number of hydrogen-bond acceptors (Lipinski definition) is 3. The normalized spacial score (nSPS) is 11.9. The van der Waals surface area contributed by atoms with Crippen molar-refractivity contribution in [1.29, 1.82) is 0 Å². The molecule has 0 aromatic heterocycles. The highest BCUT2D eigenvalue weighted by Crippen LogP contribution is 2.26. The van der Waals surface area contributed by atoms with Crippen LogP contribution >= 0.6 is 11.6 Å². The van der Waals surface area contributed by atoms with Gasteiger partial charge in [-0.15, -0.1) is 0 Å². The summed E-state index contributed by atoms with van der Waals surface area (Å²) in [4.78, 5) is 23.7. The molecular formula is C17H24ClNO3. The molecule has 0 saturated heterocycles. The smallest absolute Gasteiger partial charge is 0.338 e. The van der Waals surface area contributed by atoms with Gasteiger partial charge in [0.2, 0.25) is 0 Å². The number of esters is 1. The van der Waals surface area contributed by atoms with Crippen molar-refractivity contribution in [3.05, 3.63) is 34.9 Å². The predicted molar refractivity (Wildman–Crippen MR) is 88.0 cm³/mol. The molecule has 0 aliphatic heterocycles. The van der Waals surface area contributed by atoms with Crippen LogP contribution in [0.25, 0.3) is 0 Å². The van der Waals surface area contributed by atoms with Crippen molar-refractivity contribution in [1.82, 2.24) is 5.32 Å². The van der Waals surface area contributed by atoms with Crippen LogP contribution in [-0.4, -0.2) is 24.0 Å². The van der Waals surface area contributed by atoms with Gasteiger partial charge in [-0.25, -0.2) is 4.79 Å². The summed E-state index contributed by atoms with van der Waals surface area (Å²) in [6.45, 7) is 9.95. The van der Waals surface area contributed by atoms with E-state index in [1.54, 1.807) is 24.3 Å². The average molecular weight is 326 g/mol. The summed E-state index contributed by atoms with van der Waals surface area (Å²) in [6.07, 6.45) is 0.816. The van der Waals surface area contributed by atoms with Crippen molar-refractivity contribution in [2.24, 2.45) is 5.41 Å². The number of hydrogen-bond donors (Lipinski definition) is 1. The standard InChI is InChI=1S/C17H24ClNO3/c1-16(2,3)11-17(4,5)19-14(20)10-22-15(21)12-6-8-13(18)9-7-12/h6-9H,10-11H2,1-5H3,(H,19,20). The van der Waals surface area contributed by atoms with Crippen LogP contribution in [0.2, 0.25) is 5.02 Å². The Morgan fingerprint density at radius 3 is 2.14 bits per heavy atom. The second-order valence-corrected chi connectivity index (χ2v) is 7.69. The van der Waals surface area contributed by atoms with Crippen molar-refractivity contribution >= 4 is 23.5 Å². The van der Waals surface area contributed by atoms with Crippen LogP contribution in [0.4, 0.5) is 0 Å². The molecule has 0 radical (unpaired) electrons. The van der Waals surface area contributed by atoms with E-state index in [0.29, 0.717) is 10.6 Å². The van der Waals surface area contributed by atoms with Crippen molar-refractivity contribution in [3.8, 4) is 0 Å². The summed E-state index contributed by atoms with van der Waals surface area (Å²) in [5.41, 5.74) is 0.102. The van der Waals surface area contributed by atoms with E-state index < -0.39 is 5.97 Å². The van der Waals surface area contributed by atoms with E-state index in [4.69, 9.17) is 16.3 Å². The number of amides is 1. The lowest BCUT2D eigenvalue weighted by molar-refractivity contribution is -0.126. The lowest BCUT2D eigenvalue weighted by Crippen LogP contribution is -2.47. The maximum Gasteiger partial charge on any atom is 0.338 e. The van der Waals surface area contributed by atoms with E-state index in [1.165, 1.54) is 0 Å². The van der Waals surface area contributed by atoms with Gasteiger partial charge in [-0.3, -0.25) is 4.79 Å². The zero-order valence-electron chi connectivity index (χ0n) is 13.8. The highest BCUT2D eigenvalue weighted by Gasteiger charge is 2.27. The third-order valence-electron chi connectivity index (χ3n) is 2.86. The molecule has 0 aliphatic rings. The molecule has 1 amide bonds. The fourth-order valence-corrected chi connectivity index (χ4v) is 2.71. The molecule has 122 valence electrons. The van der Waals surface area contributed by atoms with E-state index in [2.05, 4.69) is 26.1 Å². The Hall–Kier alpha value is -1.55. The first-order valence-corrected chi connectivity index (χ1v) is 7.60. The fraction of sp³-hybridized carbons (Fsp3) is 0.529. The Morgan fingerprint density at radius 1 is 1.09 bits per heavy atom. The molecule has 4 nitrogen and oxygen atoms in total. The van der Waals surface area contributed by atoms with E-state index in [1.807, 2.05) is 13.8 Å². The van der Waals surface area contributed by atoms with Gasteiger partial charge in [-0.05, 0) is 49.9 Å². The lowest BCUT2D eigenvalue weighted by Gasteiger charge is -2.33. The van der Waals surface area contributed by atoms with Crippen LogP contribution < -0.4 is 5.32 Å². The SMILES string of the molecule is CC(C)(C)CC(C)(C)NC(=O)COC(=O)c1ccc(Cl)cc1. The summed E-state index contributed by atoms with van der Waals surface area (Å²) in [5, 5.41) is 3.43. The van der Waals surface area contributed by atoms with Gasteiger partial charge in [0, 0.05) is 10.6 Å². The summed E-state index contributed by atoms with van der Waals surface area (Å²) < 4.78 is 5.01. The molecule has 1 aromatic rings. The maximum absolute atomic E-state index is 11.9. The van der Waals surface area contributed by atoms with E-state index in [-0.39, 0.29) is 23.5 Å². The van der Waals surface area contributed by atoms with Crippen LogP contribution in [0.5, 0.6) is 0 Å². The average Bonchev–Trinajstić information content (AvgIpc) is 2.33. The Morgan fingerprint density at radius 2 is 1.64 bits per heavy atom. The molecule has 0 unspecified atom stereocenters. The third-order valence-corrected chi connectivity index (χ3v) is 3.12. The summed E-state index contributed by atoms with van der Waals surface area (Å²) in [5.74, 6) is -0.850. The minimum atomic E-state index is -0.541. The molecule has 0 aliphatic carbocycles. The lowest BCUT2D eigenvalue weighted by atomic mass is 9.82. The maximum atomic E-state index is 11.9. The first-order valence-electron chi connectivity index (χ1n) is 7.22. The van der Waals surface area contributed by atoms with Gasteiger partial charge in [0.1, 0.15) is 0 Å². The summed E-state index contributed by atoms with van der Waals surface area (Å²) in [7, 11) is 0. The zero-order valence-corrected chi connectivity index (χ0v) is 14.6. The molecule has 0 spiro atoms. The van der Waals surface area contributed by atoms with Gasteiger partial charge in [0.15, 0.2) is 6.61 Å². The molecule has 5 heteroatoms. The van der Waals surface area contributed by atoms with Crippen LogP contribution in [0.1, 0.15) is 51.4 Å². The van der Waals surface area contributed by atoms with Gasteiger partial charge in [0.05, 0.1) is 5.56 Å². The second-order valence-electron chi connectivity index (χ2n) is 7.25. The van der Waals surface area contributed by atoms with Crippen LogP contribution in [0.3, 0.4) is 0 Å². The molecule has 1 rings (SSSR count). The minimum Gasteiger partial charge on any atom is -0.452 e. The molecule has 0 atom stereocenters. The molecule has 22 heavy (non-hydrogen) atoms. The number of carbonyl (C=O) groups excluding carboxylic acids is 2. The molecule has 0 heterocycles. The number of benzene rings is 1. The fourth-order valence-electron chi connectivity index (χ4n) is 2.58. The number of carbonyl (C=O) groups is 2. The summed E-state index contributed by atoms with van der Waals surface area (Å²) in [6, 6.07) is 6.33. The highest BCUT2D eigenvalue weighted by atomic mass is 35.5. The number of ether oxygens (including phenoxy) is 1.